The molecule has 0 spiro atoms. The summed E-state index contributed by atoms with van der Waals surface area (Å²) in [5.41, 5.74) is 1.06. The molecule has 0 aliphatic carbocycles. The molecule has 0 bridgehead atoms. The van der Waals surface area contributed by atoms with Crippen molar-refractivity contribution in [2.75, 3.05) is 11.8 Å². The highest BCUT2D eigenvalue weighted by Crippen LogP contribution is 2.27. The highest BCUT2D eigenvalue weighted by molar-refractivity contribution is 7.09. The number of halogens is 2. The molecule has 0 saturated heterocycles. The minimum Gasteiger partial charge on any atom is -0.247 e. The lowest BCUT2D eigenvalue weighted by molar-refractivity contribution is 0.424. The molecule has 0 aliphatic heterocycles. The van der Waals surface area contributed by atoms with Crippen molar-refractivity contribution < 1.29 is 0 Å². The molecule has 74 valence electrons. The standard InChI is InChI=1S/C9H13Cl2NS/c1-7-4-13-8(12-7)3-9(2,5-10)6-11/h4H,3,5-6H2,1-2H3. The molecular formula is C9H13Cl2NS. The topological polar surface area (TPSA) is 12.9 Å². The van der Waals surface area contributed by atoms with Crippen LogP contribution in [-0.4, -0.2) is 16.7 Å². The van der Waals surface area contributed by atoms with Gasteiger partial charge in [-0.05, 0) is 6.92 Å². The monoisotopic (exact) mass is 237 g/mol. The molecule has 0 aliphatic rings. The SMILES string of the molecule is Cc1csc(CC(C)(CCl)CCl)n1. The lowest BCUT2D eigenvalue weighted by Crippen LogP contribution is -2.23. The van der Waals surface area contributed by atoms with Crippen molar-refractivity contribution >= 4 is 34.5 Å². The Labute approximate surface area is 93.1 Å². The third-order valence-electron chi connectivity index (χ3n) is 1.89. The zero-order valence-electron chi connectivity index (χ0n) is 7.81. The van der Waals surface area contributed by atoms with Crippen LogP contribution in [0.25, 0.3) is 0 Å². The van der Waals surface area contributed by atoms with Crippen LogP contribution in [0, 0.1) is 12.3 Å². The van der Waals surface area contributed by atoms with Gasteiger partial charge in [0.25, 0.3) is 0 Å². The Balaban J connectivity index is 2.67. The van der Waals surface area contributed by atoms with Crippen molar-refractivity contribution in [2.24, 2.45) is 5.41 Å². The molecule has 0 fully saturated rings. The number of nitrogens with zero attached hydrogens (tertiary/aromatic N) is 1. The number of rotatable bonds is 4. The molecule has 1 heterocycles. The Bertz CT molecular complexity index is 268. The van der Waals surface area contributed by atoms with Crippen molar-refractivity contribution in [1.29, 1.82) is 0 Å². The smallest absolute Gasteiger partial charge is 0.0934 e. The maximum absolute atomic E-state index is 5.86. The van der Waals surface area contributed by atoms with Crippen LogP contribution in [0.5, 0.6) is 0 Å². The van der Waals surface area contributed by atoms with Crippen molar-refractivity contribution in [1.82, 2.24) is 4.98 Å². The van der Waals surface area contributed by atoms with Gasteiger partial charge < -0.3 is 0 Å². The largest absolute Gasteiger partial charge is 0.247 e. The second-order valence-electron chi connectivity index (χ2n) is 3.64. The zero-order valence-corrected chi connectivity index (χ0v) is 10.1. The van der Waals surface area contributed by atoms with Gasteiger partial charge >= 0.3 is 0 Å². The molecule has 0 atom stereocenters. The minimum atomic E-state index is -0.0204. The lowest BCUT2D eigenvalue weighted by Gasteiger charge is -2.22. The van der Waals surface area contributed by atoms with Gasteiger partial charge in [0.1, 0.15) is 0 Å². The molecule has 13 heavy (non-hydrogen) atoms. The molecule has 4 heteroatoms. The van der Waals surface area contributed by atoms with Crippen LogP contribution in [0.15, 0.2) is 5.38 Å². The van der Waals surface area contributed by atoms with E-state index in [0.717, 1.165) is 17.1 Å². The fourth-order valence-electron chi connectivity index (χ4n) is 0.979. The first kappa shape index (κ1) is 11.3. The maximum Gasteiger partial charge on any atom is 0.0934 e. The van der Waals surface area contributed by atoms with Gasteiger partial charge in [0.2, 0.25) is 0 Å². The van der Waals surface area contributed by atoms with Crippen LogP contribution < -0.4 is 0 Å². The van der Waals surface area contributed by atoms with E-state index >= 15 is 0 Å². The van der Waals surface area contributed by atoms with Crippen LogP contribution >= 0.6 is 34.5 Å². The van der Waals surface area contributed by atoms with Gasteiger partial charge in [-0.1, -0.05) is 6.92 Å². The van der Waals surface area contributed by atoms with E-state index in [1.54, 1.807) is 11.3 Å². The van der Waals surface area contributed by atoms with Crippen LogP contribution in [0.3, 0.4) is 0 Å². The van der Waals surface area contributed by atoms with Gasteiger partial charge in [0, 0.05) is 34.7 Å². The summed E-state index contributed by atoms with van der Waals surface area (Å²) in [5, 5.41) is 3.18. The molecule has 1 aromatic rings. The molecule has 0 amide bonds. The first-order chi connectivity index (χ1) is 6.09. The molecule has 0 N–H and O–H groups in total. The van der Waals surface area contributed by atoms with E-state index in [4.69, 9.17) is 23.2 Å². The predicted octanol–water partition coefficient (Wildman–Crippen LogP) is 3.48. The highest BCUT2D eigenvalue weighted by atomic mass is 35.5. The number of hydrogen-bond acceptors (Lipinski definition) is 2. The number of alkyl halides is 2. The summed E-state index contributed by atoms with van der Waals surface area (Å²) >= 11 is 13.4. The van der Waals surface area contributed by atoms with E-state index in [9.17, 15) is 0 Å². The average Bonchev–Trinajstić information content (AvgIpc) is 2.51. The summed E-state index contributed by atoms with van der Waals surface area (Å²) in [7, 11) is 0. The van der Waals surface area contributed by atoms with Gasteiger partial charge in [0.05, 0.1) is 5.01 Å². The Morgan fingerprint density at radius 2 is 2.08 bits per heavy atom. The fourth-order valence-corrected chi connectivity index (χ4v) is 2.44. The van der Waals surface area contributed by atoms with Crippen LogP contribution in [0.2, 0.25) is 0 Å². The van der Waals surface area contributed by atoms with E-state index in [0.29, 0.717) is 11.8 Å². The van der Waals surface area contributed by atoms with Crippen LogP contribution in [0.1, 0.15) is 17.6 Å². The average molecular weight is 238 g/mol. The third-order valence-corrected chi connectivity index (χ3v) is 4.15. The van der Waals surface area contributed by atoms with E-state index in [-0.39, 0.29) is 5.41 Å². The van der Waals surface area contributed by atoms with E-state index in [1.165, 1.54) is 0 Å². The number of thiazole rings is 1. The second kappa shape index (κ2) is 4.63. The van der Waals surface area contributed by atoms with Gasteiger partial charge in [0.15, 0.2) is 0 Å². The van der Waals surface area contributed by atoms with Crippen molar-refractivity contribution in [2.45, 2.75) is 20.3 Å². The van der Waals surface area contributed by atoms with E-state index < -0.39 is 0 Å². The maximum atomic E-state index is 5.86. The first-order valence-electron chi connectivity index (χ1n) is 4.12. The fraction of sp³-hybridized carbons (Fsp3) is 0.667. The Morgan fingerprint density at radius 1 is 1.46 bits per heavy atom. The summed E-state index contributed by atoms with van der Waals surface area (Å²) in [4.78, 5) is 4.39. The summed E-state index contributed by atoms with van der Waals surface area (Å²) in [6, 6.07) is 0. The van der Waals surface area contributed by atoms with Gasteiger partial charge in [-0.25, -0.2) is 4.98 Å². The van der Waals surface area contributed by atoms with Gasteiger partial charge in [-0.15, -0.1) is 34.5 Å². The molecule has 1 rings (SSSR count). The summed E-state index contributed by atoms with van der Waals surface area (Å²) in [6.07, 6.45) is 0.874. The summed E-state index contributed by atoms with van der Waals surface area (Å²) < 4.78 is 0. The number of aromatic nitrogens is 1. The molecule has 0 saturated carbocycles. The predicted molar refractivity (Wildman–Crippen MR) is 60.1 cm³/mol. The Morgan fingerprint density at radius 3 is 2.46 bits per heavy atom. The van der Waals surface area contributed by atoms with Crippen LogP contribution in [-0.2, 0) is 6.42 Å². The van der Waals surface area contributed by atoms with Crippen molar-refractivity contribution in [3.63, 3.8) is 0 Å². The molecule has 0 aromatic carbocycles. The quantitative estimate of drug-likeness (QED) is 0.732. The van der Waals surface area contributed by atoms with E-state index in [1.807, 2.05) is 6.92 Å². The Hall–Kier alpha value is 0.210. The zero-order chi connectivity index (χ0) is 9.90. The summed E-state index contributed by atoms with van der Waals surface area (Å²) in [6.45, 7) is 4.09. The molecule has 0 unspecified atom stereocenters. The second-order valence-corrected chi connectivity index (χ2v) is 5.11. The first-order valence-corrected chi connectivity index (χ1v) is 6.07. The molecule has 0 radical (unpaired) electrons. The van der Waals surface area contributed by atoms with E-state index in [2.05, 4.69) is 17.3 Å². The molecule has 1 nitrogen and oxygen atoms in total. The van der Waals surface area contributed by atoms with Crippen molar-refractivity contribution in [3.8, 4) is 0 Å². The van der Waals surface area contributed by atoms with Gasteiger partial charge in [-0.3, -0.25) is 0 Å². The number of aryl methyl sites for hydroxylation is 1. The normalized spacial score (nSPS) is 12.0. The van der Waals surface area contributed by atoms with Crippen LogP contribution in [0.4, 0.5) is 0 Å². The van der Waals surface area contributed by atoms with Crippen molar-refractivity contribution in [3.05, 3.63) is 16.1 Å². The minimum absolute atomic E-state index is 0.0204. The molecule has 1 aromatic heterocycles. The summed E-state index contributed by atoms with van der Waals surface area (Å²) in [5.74, 6) is 1.16. The molecular weight excluding hydrogens is 225 g/mol. The Kier molecular flexibility index (Phi) is 4.02. The highest BCUT2D eigenvalue weighted by Gasteiger charge is 2.23. The third kappa shape index (κ3) is 3.12. The number of hydrogen-bond donors (Lipinski definition) is 0. The lowest BCUT2D eigenvalue weighted by atomic mass is 9.92. The van der Waals surface area contributed by atoms with Gasteiger partial charge in [-0.2, -0.15) is 0 Å².